The SMILES string of the molecule is C/C=C\c1cc(C(O)(C(F)(F)F)C(F)(F)F)ccc1N1C[C@H](C)N(C(=O)CN2C(=O)N[C@](C)(c3cccc(OC(C)C)c3)C2=O)CC1C. The van der Waals surface area contributed by atoms with Gasteiger partial charge in [0.05, 0.1) is 6.10 Å². The van der Waals surface area contributed by atoms with Crippen molar-refractivity contribution in [1.82, 2.24) is 15.1 Å². The lowest BCUT2D eigenvalue weighted by Crippen LogP contribution is -2.60. The molecule has 2 aliphatic heterocycles. The Labute approximate surface area is 274 Å². The van der Waals surface area contributed by atoms with Crippen LogP contribution in [0, 0.1) is 0 Å². The molecule has 0 bridgehead atoms. The number of carbonyl (C=O) groups excluding carboxylic acids is 3. The van der Waals surface area contributed by atoms with Crippen LogP contribution < -0.4 is 15.0 Å². The summed E-state index contributed by atoms with van der Waals surface area (Å²) in [4.78, 5) is 44.1. The van der Waals surface area contributed by atoms with Gasteiger partial charge >= 0.3 is 18.4 Å². The van der Waals surface area contributed by atoms with Gasteiger partial charge in [-0.05, 0) is 76.9 Å². The molecule has 2 aliphatic rings. The van der Waals surface area contributed by atoms with E-state index in [0.29, 0.717) is 29.1 Å². The number of halogens is 6. The number of amides is 4. The number of carbonyl (C=O) groups is 3. The number of allylic oxidation sites excluding steroid dienone is 1. The van der Waals surface area contributed by atoms with Gasteiger partial charge in [-0.3, -0.25) is 14.5 Å². The molecule has 9 nitrogen and oxygen atoms in total. The fourth-order valence-electron chi connectivity index (χ4n) is 6.07. The van der Waals surface area contributed by atoms with Crippen LogP contribution in [0.1, 0.15) is 58.2 Å². The van der Waals surface area contributed by atoms with E-state index in [4.69, 9.17) is 4.74 Å². The van der Waals surface area contributed by atoms with Crippen LogP contribution in [-0.2, 0) is 20.7 Å². The summed E-state index contributed by atoms with van der Waals surface area (Å²) in [6.07, 6.45) is -9.43. The zero-order chi connectivity index (χ0) is 36.0. The summed E-state index contributed by atoms with van der Waals surface area (Å²) in [6.45, 7) is 9.83. The number of piperazine rings is 1. The van der Waals surface area contributed by atoms with Gasteiger partial charge in [0.15, 0.2) is 0 Å². The number of anilines is 1. The Morgan fingerprint density at radius 2 is 1.69 bits per heavy atom. The van der Waals surface area contributed by atoms with E-state index in [1.807, 2.05) is 13.8 Å². The number of alkyl halides is 6. The maximum Gasteiger partial charge on any atom is 0.430 e. The highest BCUT2D eigenvalue weighted by Crippen LogP contribution is 2.50. The molecule has 262 valence electrons. The molecule has 2 saturated heterocycles. The average molecular weight is 685 g/mol. The fourth-order valence-corrected chi connectivity index (χ4v) is 6.07. The van der Waals surface area contributed by atoms with E-state index < -0.39 is 65.5 Å². The number of urea groups is 1. The van der Waals surface area contributed by atoms with Gasteiger partial charge in [0.2, 0.25) is 5.91 Å². The van der Waals surface area contributed by atoms with Gasteiger partial charge in [0.25, 0.3) is 11.5 Å². The van der Waals surface area contributed by atoms with Crippen LogP contribution in [0.3, 0.4) is 0 Å². The maximum absolute atomic E-state index is 13.6. The number of nitrogens with one attached hydrogen (secondary N) is 1. The predicted octanol–water partition coefficient (Wildman–Crippen LogP) is 5.71. The lowest BCUT2D eigenvalue weighted by atomic mass is 9.89. The third kappa shape index (κ3) is 6.56. The van der Waals surface area contributed by atoms with Crippen molar-refractivity contribution in [2.24, 2.45) is 0 Å². The van der Waals surface area contributed by atoms with Crippen molar-refractivity contribution in [1.29, 1.82) is 0 Å². The highest BCUT2D eigenvalue weighted by molar-refractivity contribution is 6.09. The molecular formula is C33H38F6N4O5. The van der Waals surface area contributed by atoms with Crippen molar-refractivity contribution in [3.8, 4) is 5.75 Å². The minimum Gasteiger partial charge on any atom is -0.491 e. The number of benzene rings is 2. The lowest BCUT2D eigenvalue weighted by molar-refractivity contribution is -0.376. The molecular weight excluding hydrogens is 646 g/mol. The zero-order valence-corrected chi connectivity index (χ0v) is 27.2. The van der Waals surface area contributed by atoms with Crippen LogP contribution in [0.4, 0.5) is 36.8 Å². The summed E-state index contributed by atoms with van der Waals surface area (Å²) in [5.41, 5.74) is -7.15. The van der Waals surface area contributed by atoms with Gasteiger partial charge < -0.3 is 25.0 Å². The van der Waals surface area contributed by atoms with Crippen LogP contribution >= 0.6 is 0 Å². The molecule has 2 aromatic rings. The summed E-state index contributed by atoms with van der Waals surface area (Å²) >= 11 is 0. The molecule has 1 unspecified atom stereocenters. The molecule has 15 heteroatoms. The Bertz CT molecular complexity index is 1580. The van der Waals surface area contributed by atoms with Crippen LogP contribution in [0.25, 0.3) is 6.08 Å². The van der Waals surface area contributed by atoms with E-state index in [0.717, 1.165) is 11.0 Å². The Hall–Kier alpha value is -4.27. The molecule has 0 spiro atoms. The smallest absolute Gasteiger partial charge is 0.430 e. The normalized spacial score (nSPS) is 22.6. The van der Waals surface area contributed by atoms with E-state index in [2.05, 4.69) is 5.32 Å². The van der Waals surface area contributed by atoms with Crippen molar-refractivity contribution in [2.45, 2.75) is 83.2 Å². The topological polar surface area (TPSA) is 102 Å². The first kappa shape index (κ1) is 36.6. The lowest BCUT2D eigenvalue weighted by Gasteiger charge is -2.46. The summed E-state index contributed by atoms with van der Waals surface area (Å²) in [5, 5.41) is 12.6. The van der Waals surface area contributed by atoms with E-state index in [9.17, 15) is 45.8 Å². The first-order valence-electron chi connectivity index (χ1n) is 15.3. The second kappa shape index (κ2) is 13.0. The fraction of sp³-hybridized carbons (Fsp3) is 0.485. The third-order valence-corrected chi connectivity index (χ3v) is 8.58. The summed E-state index contributed by atoms with van der Waals surface area (Å²) in [6, 6.07) is 7.29. The molecule has 0 aromatic heterocycles. The largest absolute Gasteiger partial charge is 0.491 e. The van der Waals surface area contributed by atoms with Crippen LogP contribution in [0.2, 0.25) is 0 Å². The van der Waals surface area contributed by atoms with Gasteiger partial charge in [-0.1, -0.05) is 30.4 Å². The first-order chi connectivity index (χ1) is 22.1. The van der Waals surface area contributed by atoms with Gasteiger partial charge in [0.1, 0.15) is 17.8 Å². The summed E-state index contributed by atoms with van der Waals surface area (Å²) < 4.78 is 87.2. The Morgan fingerprint density at radius 3 is 2.27 bits per heavy atom. The number of nitrogens with zero attached hydrogens (tertiary/aromatic N) is 3. The summed E-state index contributed by atoms with van der Waals surface area (Å²) in [5.74, 6) is -0.650. The minimum absolute atomic E-state index is 0.00207. The van der Waals surface area contributed by atoms with Crippen LogP contribution in [-0.4, -0.2) is 82.9 Å². The third-order valence-electron chi connectivity index (χ3n) is 8.58. The number of rotatable bonds is 8. The monoisotopic (exact) mass is 684 g/mol. The van der Waals surface area contributed by atoms with E-state index in [1.54, 1.807) is 43.0 Å². The molecule has 0 saturated carbocycles. The van der Waals surface area contributed by atoms with Gasteiger partial charge in [0, 0.05) is 36.4 Å². The van der Waals surface area contributed by atoms with Gasteiger partial charge in [-0.15, -0.1) is 0 Å². The molecule has 0 radical (unpaired) electrons. The molecule has 4 amide bonds. The maximum atomic E-state index is 13.6. The van der Waals surface area contributed by atoms with E-state index in [1.165, 1.54) is 30.9 Å². The Kier molecular flexibility index (Phi) is 9.88. The van der Waals surface area contributed by atoms with Crippen molar-refractivity contribution >= 4 is 29.6 Å². The molecule has 48 heavy (non-hydrogen) atoms. The number of aliphatic hydroxyl groups is 1. The first-order valence-corrected chi connectivity index (χ1v) is 15.3. The Balaban J connectivity index is 1.54. The minimum atomic E-state index is -6.04. The zero-order valence-electron chi connectivity index (χ0n) is 27.2. The van der Waals surface area contributed by atoms with Crippen LogP contribution in [0.15, 0.2) is 48.5 Å². The van der Waals surface area contributed by atoms with Crippen molar-refractivity contribution in [2.75, 3.05) is 24.5 Å². The second-order valence-electron chi connectivity index (χ2n) is 12.5. The average Bonchev–Trinajstić information content (AvgIpc) is 3.20. The highest BCUT2D eigenvalue weighted by atomic mass is 19.4. The summed E-state index contributed by atoms with van der Waals surface area (Å²) in [7, 11) is 0. The Morgan fingerprint density at radius 1 is 1.04 bits per heavy atom. The molecule has 0 aliphatic carbocycles. The van der Waals surface area contributed by atoms with Crippen LogP contribution in [0.5, 0.6) is 5.75 Å². The molecule has 4 rings (SSSR count). The van der Waals surface area contributed by atoms with Gasteiger partial charge in [-0.25, -0.2) is 4.79 Å². The molecule has 2 aromatic carbocycles. The molecule has 2 heterocycles. The van der Waals surface area contributed by atoms with Crippen molar-refractivity contribution < 1.29 is 50.6 Å². The van der Waals surface area contributed by atoms with E-state index >= 15 is 0 Å². The number of ether oxygens (including phenoxy) is 1. The van der Waals surface area contributed by atoms with Gasteiger partial charge in [-0.2, -0.15) is 26.3 Å². The van der Waals surface area contributed by atoms with E-state index in [-0.39, 0.29) is 24.8 Å². The molecule has 3 atom stereocenters. The quantitative estimate of drug-likeness (QED) is 0.273. The molecule has 2 fully saturated rings. The van der Waals surface area contributed by atoms with Crippen molar-refractivity contribution in [3.63, 3.8) is 0 Å². The highest BCUT2D eigenvalue weighted by Gasteiger charge is 2.71. The number of hydrogen-bond acceptors (Lipinski definition) is 6. The second-order valence-corrected chi connectivity index (χ2v) is 12.5. The predicted molar refractivity (Wildman–Crippen MR) is 165 cm³/mol. The number of imide groups is 1. The van der Waals surface area contributed by atoms with Crippen molar-refractivity contribution in [3.05, 3.63) is 65.2 Å². The molecule has 2 N–H and O–H groups in total. The number of hydrogen-bond donors (Lipinski definition) is 2. The standard InChI is InChI=1S/C33H38F6N4O5/c1-7-9-22-14-24(31(47,32(34,35)36)33(37,38)39)12-13-26(22)41-16-21(5)42(17-20(41)4)27(44)18-43-28(45)30(6,40-29(43)46)23-10-8-11-25(15-23)48-19(2)3/h7-15,19-21,47H,16-18H2,1-6H3,(H,40,46)/b9-7-/t20?,21-,30+/m0/s1.